The normalized spacial score (nSPS) is 14.6. The van der Waals surface area contributed by atoms with E-state index in [2.05, 4.69) is 14.4 Å². The summed E-state index contributed by atoms with van der Waals surface area (Å²) >= 11 is 3.67. The highest BCUT2D eigenvalue weighted by Gasteiger charge is 2.27. The highest BCUT2D eigenvalue weighted by Crippen LogP contribution is 2.32. The summed E-state index contributed by atoms with van der Waals surface area (Å²) in [6.45, 7) is -0.313. The highest BCUT2D eigenvalue weighted by molar-refractivity contribution is 7.92. The number of fused-ring (bicyclic) bond motifs is 1. The first-order valence-corrected chi connectivity index (χ1v) is 10.1. The average molecular weight is 445 g/mol. The van der Waals surface area contributed by atoms with Crippen molar-refractivity contribution in [2.45, 2.75) is 17.7 Å². The number of methoxy groups -OCH3 is 1. The molecule has 29 heavy (non-hydrogen) atoms. The zero-order valence-electron chi connectivity index (χ0n) is 15.6. The molecule has 0 amide bonds. The van der Waals surface area contributed by atoms with E-state index in [9.17, 15) is 17.7 Å². The second kappa shape index (κ2) is 9.06. The Labute approximate surface area is 174 Å². The molecule has 1 aliphatic rings. The van der Waals surface area contributed by atoms with Crippen molar-refractivity contribution in [1.82, 2.24) is 9.88 Å². The molecule has 2 aromatic rings. The minimum atomic E-state index is -2.78. The van der Waals surface area contributed by atoms with Crippen LogP contribution in [0.15, 0.2) is 29.2 Å². The van der Waals surface area contributed by atoms with E-state index in [1.807, 2.05) is 18.0 Å². The second-order valence-corrected chi connectivity index (χ2v) is 7.73. The van der Waals surface area contributed by atoms with E-state index >= 15 is 0 Å². The average Bonchev–Trinajstić information content (AvgIpc) is 2.69. The van der Waals surface area contributed by atoms with E-state index in [-0.39, 0.29) is 11.6 Å². The molecule has 1 aromatic heterocycles. The number of benzene rings is 1. The molecule has 0 saturated heterocycles. The van der Waals surface area contributed by atoms with Gasteiger partial charge in [-0.2, -0.15) is 9.71 Å². The zero-order valence-corrected chi connectivity index (χ0v) is 17.2. The van der Waals surface area contributed by atoms with Crippen molar-refractivity contribution >= 4 is 34.3 Å². The molecule has 1 atom stereocenters. The van der Waals surface area contributed by atoms with Gasteiger partial charge in [0.2, 0.25) is 5.88 Å². The van der Waals surface area contributed by atoms with Gasteiger partial charge in [0.15, 0.2) is 17.3 Å². The maximum atomic E-state index is 14.2. The van der Waals surface area contributed by atoms with Gasteiger partial charge in [-0.3, -0.25) is 0 Å². The maximum absolute atomic E-state index is 14.2. The van der Waals surface area contributed by atoms with Crippen LogP contribution in [0.2, 0.25) is 0 Å². The SMILES string of the molecule is COc1nc(OCC(F)F)c(F)cc1N[S+]([O-])c1cccc2c1CCN(C)C2=S. The van der Waals surface area contributed by atoms with E-state index in [4.69, 9.17) is 17.0 Å². The predicted molar refractivity (Wildman–Crippen MR) is 107 cm³/mol. The summed E-state index contributed by atoms with van der Waals surface area (Å²) in [4.78, 5) is 6.86. The van der Waals surface area contributed by atoms with Crippen LogP contribution in [0.3, 0.4) is 0 Å². The Morgan fingerprint density at radius 3 is 2.83 bits per heavy atom. The fourth-order valence-electron chi connectivity index (χ4n) is 2.87. The predicted octanol–water partition coefficient (Wildman–Crippen LogP) is 3.17. The van der Waals surface area contributed by atoms with Crippen molar-refractivity contribution in [3.63, 3.8) is 0 Å². The van der Waals surface area contributed by atoms with Crippen LogP contribution < -0.4 is 14.2 Å². The van der Waals surface area contributed by atoms with Gasteiger partial charge < -0.3 is 18.9 Å². The molecule has 0 spiro atoms. The Morgan fingerprint density at radius 1 is 1.38 bits per heavy atom. The molecule has 1 N–H and O–H groups in total. The monoisotopic (exact) mass is 445 g/mol. The number of rotatable bonds is 7. The lowest BCUT2D eigenvalue weighted by molar-refractivity contribution is 0.0770. The van der Waals surface area contributed by atoms with E-state index in [0.29, 0.717) is 22.8 Å². The summed E-state index contributed by atoms with van der Waals surface area (Å²) in [5, 5.41) is 0. The lowest BCUT2D eigenvalue weighted by atomic mass is 10.0. The third-order valence-corrected chi connectivity index (χ3v) is 5.98. The van der Waals surface area contributed by atoms with Crippen LogP contribution in [0.4, 0.5) is 18.9 Å². The van der Waals surface area contributed by atoms with Crippen LogP contribution in [0, 0.1) is 5.82 Å². The van der Waals surface area contributed by atoms with Crippen molar-refractivity contribution in [2.75, 3.05) is 32.0 Å². The number of halogens is 3. The molecule has 0 saturated carbocycles. The van der Waals surface area contributed by atoms with Gasteiger partial charge >= 0.3 is 0 Å². The Balaban J connectivity index is 1.87. The van der Waals surface area contributed by atoms with E-state index < -0.39 is 36.1 Å². The molecule has 11 heteroatoms. The van der Waals surface area contributed by atoms with Crippen LogP contribution in [0.1, 0.15) is 11.1 Å². The van der Waals surface area contributed by atoms with E-state index in [1.165, 1.54) is 7.11 Å². The van der Waals surface area contributed by atoms with Crippen LogP contribution in [-0.4, -0.2) is 53.2 Å². The number of alkyl halides is 2. The summed E-state index contributed by atoms with van der Waals surface area (Å²) in [6, 6.07) is 6.26. The molecule has 0 fully saturated rings. The number of nitrogens with one attached hydrogen (secondary N) is 1. The number of thiocarbonyl (C=S) groups is 1. The van der Waals surface area contributed by atoms with Gasteiger partial charge in [-0.1, -0.05) is 24.4 Å². The van der Waals surface area contributed by atoms with Gasteiger partial charge in [0, 0.05) is 30.8 Å². The molecule has 6 nitrogen and oxygen atoms in total. The lowest BCUT2D eigenvalue weighted by Gasteiger charge is -2.28. The van der Waals surface area contributed by atoms with Gasteiger partial charge in [0.05, 0.1) is 7.11 Å². The van der Waals surface area contributed by atoms with Crippen LogP contribution >= 0.6 is 12.2 Å². The number of pyridine rings is 1. The van der Waals surface area contributed by atoms with Crippen molar-refractivity contribution in [1.29, 1.82) is 0 Å². The van der Waals surface area contributed by atoms with Crippen LogP contribution in [-0.2, 0) is 17.8 Å². The first-order valence-electron chi connectivity index (χ1n) is 8.53. The number of hydrogen-bond donors (Lipinski definition) is 1. The van der Waals surface area contributed by atoms with Crippen molar-refractivity contribution < 1.29 is 27.2 Å². The van der Waals surface area contributed by atoms with Gasteiger partial charge in [-0.25, -0.2) is 13.2 Å². The minimum Gasteiger partial charge on any atom is -0.588 e. The lowest BCUT2D eigenvalue weighted by Crippen LogP contribution is -2.34. The van der Waals surface area contributed by atoms with Crippen molar-refractivity contribution in [3.8, 4) is 11.8 Å². The van der Waals surface area contributed by atoms with Crippen molar-refractivity contribution in [3.05, 3.63) is 41.2 Å². The summed E-state index contributed by atoms with van der Waals surface area (Å²) in [5.41, 5.74) is 1.68. The second-order valence-electron chi connectivity index (χ2n) is 6.16. The minimum absolute atomic E-state index is 0.000775. The fourth-order valence-corrected chi connectivity index (χ4v) is 4.24. The highest BCUT2D eigenvalue weighted by atomic mass is 32.2. The van der Waals surface area contributed by atoms with Crippen LogP contribution in [0.25, 0.3) is 0 Å². The maximum Gasteiger partial charge on any atom is 0.272 e. The molecule has 0 bridgehead atoms. The first-order chi connectivity index (χ1) is 13.8. The Morgan fingerprint density at radius 2 is 2.14 bits per heavy atom. The number of nitrogens with zero attached hydrogens (tertiary/aromatic N) is 2. The van der Waals surface area contributed by atoms with Gasteiger partial charge in [-0.15, -0.1) is 0 Å². The largest absolute Gasteiger partial charge is 0.588 e. The first kappa shape index (κ1) is 21.5. The summed E-state index contributed by atoms with van der Waals surface area (Å²) in [5.74, 6) is -1.74. The molecule has 1 aliphatic heterocycles. The van der Waals surface area contributed by atoms with Crippen LogP contribution in [0.5, 0.6) is 11.8 Å². The summed E-state index contributed by atoms with van der Waals surface area (Å²) in [6.07, 6.45) is -2.12. The third kappa shape index (κ3) is 4.68. The molecule has 156 valence electrons. The fraction of sp³-hybridized carbons (Fsp3) is 0.333. The van der Waals surface area contributed by atoms with Gasteiger partial charge in [0.1, 0.15) is 22.0 Å². The summed E-state index contributed by atoms with van der Waals surface area (Å²) < 4.78 is 64.1. The Kier molecular flexibility index (Phi) is 6.70. The molecule has 3 rings (SSSR count). The molecule has 2 heterocycles. The number of anilines is 1. The van der Waals surface area contributed by atoms with E-state index in [0.717, 1.165) is 17.2 Å². The number of hydrogen-bond acceptors (Lipinski definition) is 6. The van der Waals surface area contributed by atoms with Crippen molar-refractivity contribution in [2.24, 2.45) is 0 Å². The zero-order chi connectivity index (χ0) is 21.1. The standard InChI is InChI=1S/C18H18F3N3O3S2/c1-24-7-6-10-11(18(24)28)4-3-5-14(10)29(25)23-13-8-12(19)16(22-17(13)26-2)27-9-15(20)21/h3-5,8,15,23H,6-7,9H2,1-2H3. The number of ether oxygens (including phenoxy) is 2. The quantitative estimate of drug-likeness (QED) is 0.519. The number of likely N-dealkylation sites (N-methyl/N-ethyl adjacent to an activating group) is 1. The molecule has 0 radical (unpaired) electrons. The molecular weight excluding hydrogens is 427 g/mol. The van der Waals surface area contributed by atoms with Gasteiger partial charge in [-0.05, 0) is 12.5 Å². The molecular formula is C18H18F3N3O3S2. The summed E-state index contributed by atoms with van der Waals surface area (Å²) in [7, 11) is 3.16. The molecule has 1 aromatic carbocycles. The molecule has 0 aliphatic carbocycles. The smallest absolute Gasteiger partial charge is 0.272 e. The molecule has 1 unspecified atom stereocenters. The van der Waals surface area contributed by atoms with E-state index in [1.54, 1.807) is 12.1 Å². The van der Waals surface area contributed by atoms with Gasteiger partial charge in [0.25, 0.3) is 12.3 Å². The topological polar surface area (TPSA) is 69.7 Å². The third-order valence-electron chi connectivity index (χ3n) is 4.26. The Bertz CT molecular complexity index is 917. The number of aromatic nitrogens is 1. The Hall–Kier alpha value is -2.24.